The van der Waals surface area contributed by atoms with Crippen molar-refractivity contribution in [1.29, 1.82) is 0 Å². The van der Waals surface area contributed by atoms with Gasteiger partial charge in [0.05, 0.1) is 18.8 Å². The Kier molecular flexibility index (Phi) is 6.55. The SMILES string of the molecule is Cc1ccc(C(=O)NCCOCCCl)c(Br)c1. The second-order valence-corrected chi connectivity index (χ2v) is 4.77. The zero-order chi connectivity index (χ0) is 12.7. The van der Waals surface area contributed by atoms with Crippen molar-refractivity contribution in [2.75, 3.05) is 25.6 Å². The first-order valence-electron chi connectivity index (χ1n) is 5.33. The van der Waals surface area contributed by atoms with Crippen molar-refractivity contribution in [3.63, 3.8) is 0 Å². The Hall–Kier alpha value is -0.580. The molecule has 1 rings (SSSR count). The van der Waals surface area contributed by atoms with E-state index in [-0.39, 0.29) is 5.91 Å². The summed E-state index contributed by atoms with van der Waals surface area (Å²) in [5.41, 5.74) is 1.74. The van der Waals surface area contributed by atoms with Crippen LogP contribution in [0.25, 0.3) is 0 Å². The van der Waals surface area contributed by atoms with Gasteiger partial charge in [0.1, 0.15) is 0 Å². The number of rotatable bonds is 6. The minimum atomic E-state index is -0.105. The van der Waals surface area contributed by atoms with Crippen LogP contribution in [0.5, 0.6) is 0 Å². The summed E-state index contributed by atoms with van der Waals surface area (Å²) < 4.78 is 5.96. The molecular weight excluding hydrogens is 305 g/mol. The van der Waals surface area contributed by atoms with E-state index in [1.165, 1.54) is 0 Å². The summed E-state index contributed by atoms with van der Waals surface area (Å²) in [7, 11) is 0. The number of benzene rings is 1. The molecule has 1 aromatic rings. The summed E-state index contributed by atoms with van der Waals surface area (Å²) in [6, 6.07) is 5.62. The van der Waals surface area contributed by atoms with E-state index in [4.69, 9.17) is 16.3 Å². The number of hydrogen-bond acceptors (Lipinski definition) is 2. The van der Waals surface area contributed by atoms with Crippen LogP contribution in [-0.4, -0.2) is 31.5 Å². The average Bonchev–Trinajstić information content (AvgIpc) is 2.28. The molecule has 0 atom stereocenters. The second kappa shape index (κ2) is 7.69. The van der Waals surface area contributed by atoms with Gasteiger partial charge in [-0.05, 0) is 40.5 Å². The first-order valence-corrected chi connectivity index (χ1v) is 6.66. The van der Waals surface area contributed by atoms with Gasteiger partial charge in [-0.15, -0.1) is 11.6 Å². The van der Waals surface area contributed by atoms with Gasteiger partial charge in [0, 0.05) is 16.9 Å². The van der Waals surface area contributed by atoms with Crippen molar-refractivity contribution in [1.82, 2.24) is 5.32 Å². The number of alkyl halides is 1. The number of ether oxygens (including phenoxy) is 1. The van der Waals surface area contributed by atoms with E-state index < -0.39 is 0 Å². The van der Waals surface area contributed by atoms with Crippen molar-refractivity contribution in [3.8, 4) is 0 Å². The monoisotopic (exact) mass is 319 g/mol. The molecule has 0 saturated carbocycles. The van der Waals surface area contributed by atoms with Gasteiger partial charge >= 0.3 is 0 Å². The number of carbonyl (C=O) groups excluding carboxylic acids is 1. The molecule has 17 heavy (non-hydrogen) atoms. The van der Waals surface area contributed by atoms with E-state index in [1.807, 2.05) is 19.1 Å². The molecule has 0 aliphatic carbocycles. The Balaban J connectivity index is 2.42. The lowest BCUT2D eigenvalue weighted by Crippen LogP contribution is -2.27. The third-order valence-corrected chi connectivity index (χ3v) is 2.93. The van der Waals surface area contributed by atoms with Gasteiger partial charge < -0.3 is 10.1 Å². The highest BCUT2D eigenvalue weighted by atomic mass is 79.9. The summed E-state index contributed by atoms with van der Waals surface area (Å²) in [6.07, 6.45) is 0. The van der Waals surface area contributed by atoms with Gasteiger partial charge in [0.15, 0.2) is 0 Å². The van der Waals surface area contributed by atoms with E-state index in [0.29, 0.717) is 31.2 Å². The van der Waals surface area contributed by atoms with Gasteiger partial charge in [-0.2, -0.15) is 0 Å². The molecule has 3 nitrogen and oxygen atoms in total. The summed E-state index contributed by atoms with van der Waals surface area (Å²) in [5, 5.41) is 2.78. The zero-order valence-electron chi connectivity index (χ0n) is 9.63. The molecular formula is C12H15BrClNO2. The first-order chi connectivity index (χ1) is 8.15. The molecule has 0 bridgehead atoms. The van der Waals surface area contributed by atoms with Crippen LogP contribution < -0.4 is 5.32 Å². The maximum absolute atomic E-state index is 11.8. The van der Waals surface area contributed by atoms with Gasteiger partial charge in [-0.1, -0.05) is 6.07 Å². The summed E-state index contributed by atoms with van der Waals surface area (Å²) >= 11 is 8.83. The van der Waals surface area contributed by atoms with E-state index in [2.05, 4.69) is 21.2 Å². The van der Waals surface area contributed by atoms with Crippen LogP contribution in [0.4, 0.5) is 0 Å². The van der Waals surface area contributed by atoms with Gasteiger partial charge in [0.2, 0.25) is 0 Å². The minimum Gasteiger partial charge on any atom is -0.378 e. The van der Waals surface area contributed by atoms with Crippen molar-refractivity contribution >= 4 is 33.4 Å². The predicted octanol–water partition coefficient (Wildman–Crippen LogP) is 2.74. The molecule has 94 valence electrons. The maximum atomic E-state index is 11.8. The second-order valence-electron chi connectivity index (χ2n) is 3.54. The Bertz CT molecular complexity index is 385. The quantitative estimate of drug-likeness (QED) is 0.646. The largest absolute Gasteiger partial charge is 0.378 e. The molecule has 0 heterocycles. The number of aryl methyl sites for hydroxylation is 1. The molecule has 0 spiro atoms. The smallest absolute Gasteiger partial charge is 0.252 e. The lowest BCUT2D eigenvalue weighted by molar-refractivity contribution is 0.0923. The number of nitrogens with one attached hydrogen (secondary N) is 1. The van der Waals surface area contributed by atoms with Gasteiger partial charge in [0.25, 0.3) is 5.91 Å². The lowest BCUT2D eigenvalue weighted by atomic mass is 10.1. The highest BCUT2D eigenvalue weighted by molar-refractivity contribution is 9.10. The van der Waals surface area contributed by atoms with Crippen LogP contribution >= 0.6 is 27.5 Å². The van der Waals surface area contributed by atoms with Gasteiger partial charge in [-0.25, -0.2) is 0 Å². The lowest BCUT2D eigenvalue weighted by Gasteiger charge is -2.07. The van der Waals surface area contributed by atoms with Crippen LogP contribution in [0, 0.1) is 6.92 Å². The predicted molar refractivity (Wildman–Crippen MR) is 72.8 cm³/mol. The molecule has 0 saturated heterocycles. The molecule has 5 heteroatoms. The van der Waals surface area contributed by atoms with Crippen molar-refractivity contribution < 1.29 is 9.53 Å². The fourth-order valence-electron chi connectivity index (χ4n) is 1.29. The average molecular weight is 321 g/mol. The van der Waals surface area contributed by atoms with Gasteiger partial charge in [-0.3, -0.25) is 4.79 Å². The Morgan fingerprint density at radius 3 is 2.88 bits per heavy atom. The molecule has 0 aliphatic heterocycles. The minimum absolute atomic E-state index is 0.105. The van der Waals surface area contributed by atoms with Crippen molar-refractivity contribution in [2.24, 2.45) is 0 Å². The number of amides is 1. The van der Waals surface area contributed by atoms with Crippen molar-refractivity contribution in [2.45, 2.75) is 6.92 Å². The third-order valence-electron chi connectivity index (χ3n) is 2.12. The Morgan fingerprint density at radius 1 is 1.47 bits per heavy atom. The van der Waals surface area contributed by atoms with Crippen LogP contribution in [-0.2, 0) is 4.74 Å². The molecule has 1 amide bonds. The number of halogens is 2. The maximum Gasteiger partial charge on any atom is 0.252 e. The van der Waals surface area contributed by atoms with Crippen LogP contribution in [0.3, 0.4) is 0 Å². The fraction of sp³-hybridized carbons (Fsp3) is 0.417. The molecule has 1 aromatic carbocycles. The van der Waals surface area contributed by atoms with E-state index >= 15 is 0 Å². The Morgan fingerprint density at radius 2 is 2.24 bits per heavy atom. The van der Waals surface area contributed by atoms with Crippen molar-refractivity contribution in [3.05, 3.63) is 33.8 Å². The summed E-state index contributed by atoms with van der Waals surface area (Å²) in [5.74, 6) is 0.364. The summed E-state index contributed by atoms with van der Waals surface area (Å²) in [6.45, 7) is 3.44. The molecule has 0 radical (unpaired) electrons. The molecule has 0 aliphatic rings. The van der Waals surface area contributed by atoms with E-state index in [1.54, 1.807) is 6.07 Å². The fourth-order valence-corrected chi connectivity index (χ4v) is 2.08. The van der Waals surface area contributed by atoms with E-state index in [0.717, 1.165) is 10.0 Å². The van der Waals surface area contributed by atoms with Crippen LogP contribution in [0.2, 0.25) is 0 Å². The molecule has 0 aromatic heterocycles. The topological polar surface area (TPSA) is 38.3 Å². The molecule has 0 unspecified atom stereocenters. The number of carbonyl (C=O) groups is 1. The standard InChI is InChI=1S/C12H15BrClNO2/c1-9-2-3-10(11(13)8-9)12(16)15-5-7-17-6-4-14/h2-3,8H,4-7H2,1H3,(H,15,16). The highest BCUT2D eigenvalue weighted by Crippen LogP contribution is 2.17. The van der Waals surface area contributed by atoms with Crippen LogP contribution in [0.15, 0.2) is 22.7 Å². The normalized spacial score (nSPS) is 10.3. The summed E-state index contributed by atoms with van der Waals surface area (Å²) in [4.78, 5) is 11.8. The Labute approximate surface area is 115 Å². The number of hydrogen-bond donors (Lipinski definition) is 1. The first kappa shape index (κ1) is 14.5. The third kappa shape index (κ3) is 5.06. The van der Waals surface area contributed by atoms with E-state index in [9.17, 15) is 4.79 Å². The molecule has 0 fully saturated rings. The van der Waals surface area contributed by atoms with Crippen LogP contribution in [0.1, 0.15) is 15.9 Å². The zero-order valence-corrected chi connectivity index (χ0v) is 12.0. The molecule has 1 N–H and O–H groups in total. The highest BCUT2D eigenvalue weighted by Gasteiger charge is 2.08.